The van der Waals surface area contributed by atoms with Crippen LogP contribution >= 0.6 is 11.3 Å². The van der Waals surface area contributed by atoms with Gasteiger partial charge in [-0.2, -0.15) is 0 Å². The molecule has 8 nitrogen and oxygen atoms in total. The van der Waals surface area contributed by atoms with Crippen LogP contribution in [-0.4, -0.2) is 76.0 Å². The van der Waals surface area contributed by atoms with Gasteiger partial charge in [-0.25, -0.2) is 4.68 Å². The Morgan fingerprint density at radius 1 is 1.13 bits per heavy atom. The van der Waals surface area contributed by atoms with E-state index in [1.165, 1.54) is 0 Å². The smallest absolute Gasteiger partial charge is 0.276 e. The maximum absolute atomic E-state index is 12.7. The molecule has 5 rings (SSSR count). The largest absolute Gasteiger partial charge is 0.378 e. The number of carbonyl (C=O) groups is 2. The zero-order valence-electron chi connectivity index (χ0n) is 17.0. The monoisotopic (exact) mass is 429 g/mol. The molecule has 3 fully saturated rings. The summed E-state index contributed by atoms with van der Waals surface area (Å²) in [4.78, 5) is 30.2. The third-order valence-corrected chi connectivity index (χ3v) is 7.86. The summed E-state index contributed by atoms with van der Waals surface area (Å²) in [6, 6.07) is 4.29. The molecule has 2 aliphatic heterocycles. The number of carbonyl (C=O) groups excluding carboxylic acids is 2. The van der Waals surface area contributed by atoms with Crippen LogP contribution in [0.3, 0.4) is 0 Å². The molecule has 1 unspecified atom stereocenters. The molecule has 4 heterocycles. The fourth-order valence-electron chi connectivity index (χ4n) is 5.01. The summed E-state index contributed by atoms with van der Waals surface area (Å²) in [5.41, 5.74) is 0.592. The molecule has 2 aromatic heterocycles. The average Bonchev–Trinajstić information content (AvgIpc) is 3.46. The number of likely N-dealkylation sites (tertiary alicyclic amines) is 1. The number of ether oxygens (including phenoxy) is 1. The summed E-state index contributed by atoms with van der Waals surface area (Å²) in [5, 5.41) is 10.5. The zero-order chi connectivity index (χ0) is 20.6. The van der Waals surface area contributed by atoms with E-state index in [9.17, 15) is 9.59 Å². The van der Waals surface area contributed by atoms with E-state index in [4.69, 9.17) is 4.74 Å². The van der Waals surface area contributed by atoms with Crippen molar-refractivity contribution in [1.29, 1.82) is 0 Å². The first-order chi connectivity index (χ1) is 14.6. The van der Waals surface area contributed by atoms with Crippen LogP contribution in [0.4, 0.5) is 0 Å². The van der Waals surface area contributed by atoms with Gasteiger partial charge in [0.2, 0.25) is 5.91 Å². The molecule has 0 N–H and O–H groups in total. The first-order valence-electron chi connectivity index (χ1n) is 10.7. The SMILES string of the molecule is O=C(Cc1cccs1)N1CCC2(CCC2n2cc(C(=O)N3CCOCC3)nn2)CC1. The molecule has 1 aliphatic carbocycles. The lowest BCUT2D eigenvalue weighted by molar-refractivity contribution is -0.135. The third-order valence-electron chi connectivity index (χ3n) is 6.99. The molecule has 2 amide bonds. The highest BCUT2D eigenvalue weighted by molar-refractivity contribution is 7.10. The molecule has 0 radical (unpaired) electrons. The minimum Gasteiger partial charge on any atom is -0.378 e. The van der Waals surface area contributed by atoms with E-state index in [0.717, 1.165) is 43.6 Å². The normalized spacial score (nSPS) is 23.4. The second kappa shape index (κ2) is 8.11. The summed E-state index contributed by atoms with van der Waals surface area (Å²) in [6.07, 6.45) is 6.50. The second-order valence-electron chi connectivity index (χ2n) is 8.54. The van der Waals surface area contributed by atoms with Crippen molar-refractivity contribution in [2.24, 2.45) is 5.41 Å². The van der Waals surface area contributed by atoms with Crippen LogP contribution in [0.5, 0.6) is 0 Å². The van der Waals surface area contributed by atoms with Crippen LogP contribution in [0.15, 0.2) is 23.7 Å². The molecule has 0 bridgehead atoms. The molecule has 1 atom stereocenters. The lowest BCUT2D eigenvalue weighted by Gasteiger charge is -2.53. The van der Waals surface area contributed by atoms with Crippen molar-refractivity contribution < 1.29 is 14.3 Å². The van der Waals surface area contributed by atoms with Gasteiger partial charge in [0.1, 0.15) is 0 Å². The average molecular weight is 430 g/mol. The molecule has 30 heavy (non-hydrogen) atoms. The minimum atomic E-state index is -0.0630. The summed E-state index contributed by atoms with van der Waals surface area (Å²) in [7, 11) is 0. The van der Waals surface area contributed by atoms with Gasteiger partial charge in [-0.05, 0) is 42.5 Å². The Morgan fingerprint density at radius 2 is 1.93 bits per heavy atom. The van der Waals surface area contributed by atoms with E-state index < -0.39 is 0 Å². The van der Waals surface area contributed by atoms with Gasteiger partial charge in [0.25, 0.3) is 5.91 Å². The molecule has 1 saturated carbocycles. The summed E-state index contributed by atoms with van der Waals surface area (Å²) < 4.78 is 7.23. The second-order valence-corrected chi connectivity index (χ2v) is 9.57. The third kappa shape index (κ3) is 3.65. The maximum atomic E-state index is 12.7. The highest BCUT2D eigenvalue weighted by Gasteiger charge is 2.50. The number of hydrogen-bond donors (Lipinski definition) is 0. The van der Waals surface area contributed by atoms with Gasteiger partial charge in [0.05, 0.1) is 31.9 Å². The quantitative estimate of drug-likeness (QED) is 0.743. The predicted octanol–water partition coefficient (Wildman–Crippen LogP) is 2.00. The van der Waals surface area contributed by atoms with Crippen LogP contribution in [-0.2, 0) is 16.0 Å². The van der Waals surface area contributed by atoms with Crippen LogP contribution in [0.25, 0.3) is 0 Å². The first-order valence-corrected chi connectivity index (χ1v) is 11.6. The van der Waals surface area contributed by atoms with Crippen LogP contribution in [0.1, 0.15) is 47.1 Å². The first kappa shape index (κ1) is 19.7. The Kier molecular flexibility index (Phi) is 5.32. The topological polar surface area (TPSA) is 80.6 Å². The van der Waals surface area contributed by atoms with Crippen molar-refractivity contribution in [2.45, 2.75) is 38.1 Å². The summed E-state index contributed by atoms with van der Waals surface area (Å²) in [6.45, 7) is 3.97. The number of hydrogen-bond acceptors (Lipinski definition) is 6. The van der Waals surface area contributed by atoms with Crippen molar-refractivity contribution in [3.63, 3.8) is 0 Å². The molecule has 2 saturated heterocycles. The lowest BCUT2D eigenvalue weighted by Crippen LogP contribution is -2.51. The van der Waals surface area contributed by atoms with E-state index in [2.05, 4.69) is 10.3 Å². The van der Waals surface area contributed by atoms with E-state index in [1.807, 2.05) is 33.3 Å². The van der Waals surface area contributed by atoms with Crippen molar-refractivity contribution in [3.05, 3.63) is 34.3 Å². The van der Waals surface area contributed by atoms with Crippen molar-refractivity contribution >= 4 is 23.2 Å². The molecule has 0 aromatic carbocycles. The zero-order valence-corrected chi connectivity index (χ0v) is 17.9. The van der Waals surface area contributed by atoms with E-state index in [0.29, 0.717) is 38.4 Å². The molecule has 2 aromatic rings. The Morgan fingerprint density at radius 3 is 2.60 bits per heavy atom. The van der Waals surface area contributed by atoms with Crippen molar-refractivity contribution in [1.82, 2.24) is 24.8 Å². The van der Waals surface area contributed by atoms with Crippen molar-refractivity contribution in [3.8, 4) is 0 Å². The van der Waals surface area contributed by atoms with Gasteiger partial charge in [0, 0.05) is 31.1 Å². The standard InChI is InChI=1S/C21H27N5O3S/c27-19(14-16-2-1-13-30-16)24-7-5-21(6-8-24)4-3-18(21)26-15-17(22-23-26)20(28)25-9-11-29-12-10-25/h1-2,13,15,18H,3-12,14H2. The number of rotatable bonds is 4. The number of aromatic nitrogens is 3. The van der Waals surface area contributed by atoms with Gasteiger partial charge in [0.15, 0.2) is 5.69 Å². The Bertz CT molecular complexity index is 898. The fraction of sp³-hybridized carbons (Fsp3) is 0.619. The van der Waals surface area contributed by atoms with Gasteiger partial charge in [-0.15, -0.1) is 16.4 Å². The van der Waals surface area contributed by atoms with Gasteiger partial charge in [-0.3, -0.25) is 9.59 Å². The number of nitrogens with zero attached hydrogens (tertiary/aromatic N) is 5. The molecule has 3 aliphatic rings. The highest BCUT2D eigenvalue weighted by atomic mass is 32.1. The van der Waals surface area contributed by atoms with E-state index in [1.54, 1.807) is 16.2 Å². The number of piperidine rings is 1. The molecular weight excluding hydrogens is 402 g/mol. The Labute approximate surface area is 179 Å². The number of amides is 2. The molecule has 160 valence electrons. The van der Waals surface area contributed by atoms with E-state index in [-0.39, 0.29) is 23.3 Å². The highest BCUT2D eigenvalue weighted by Crippen LogP contribution is 2.56. The van der Waals surface area contributed by atoms with Gasteiger partial charge < -0.3 is 14.5 Å². The minimum absolute atomic E-state index is 0.0630. The van der Waals surface area contributed by atoms with Crippen LogP contribution in [0.2, 0.25) is 0 Å². The Hall–Kier alpha value is -2.26. The molecule has 9 heteroatoms. The number of thiophene rings is 1. The summed E-state index contributed by atoms with van der Waals surface area (Å²) >= 11 is 1.64. The van der Waals surface area contributed by atoms with Gasteiger partial charge in [-0.1, -0.05) is 11.3 Å². The molecule has 1 spiro atoms. The summed E-state index contributed by atoms with van der Waals surface area (Å²) in [5.74, 6) is 0.161. The van der Waals surface area contributed by atoms with Crippen LogP contribution < -0.4 is 0 Å². The maximum Gasteiger partial charge on any atom is 0.276 e. The van der Waals surface area contributed by atoms with E-state index >= 15 is 0 Å². The molecular formula is C21H27N5O3S. The number of morpholine rings is 1. The lowest BCUT2D eigenvalue weighted by atomic mass is 9.59. The fourth-order valence-corrected chi connectivity index (χ4v) is 5.70. The predicted molar refractivity (Wildman–Crippen MR) is 111 cm³/mol. The van der Waals surface area contributed by atoms with Crippen molar-refractivity contribution in [2.75, 3.05) is 39.4 Å². The Balaban J connectivity index is 1.20. The van der Waals surface area contributed by atoms with Gasteiger partial charge >= 0.3 is 0 Å². The van der Waals surface area contributed by atoms with Crippen LogP contribution in [0, 0.1) is 5.41 Å².